The van der Waals surface area contributed by atoms with Crippen molar-refractivity contribution in [2.75, 3.05) is 37.7 Å². The number of rotatable bonds is 3. The first-order chi connectivity index (χ1) is 13.2. The Morgan fingerprint density at radius 2 is 1.86 bits per heavy atom. The van der Waals surface area contributed by atoms with Crippen LogP contribution in [-0.2, 0) is 11.1 Å². The molecular weight excluding hydrogens is 396 g/mol. The Morgan fingerprint density at radius 3 is 2.46 bits per heavy atom. The van der Waals surface area contributed by atoms with Crippen LogP contribution in [0.15, 0.2) is 17.1 Å². The van der Waals surface area contributed by atoms with E-state index in [1.54, 1.807) is 9.47 Å². The average Bonchev–Trinajstić information content (AvgIpc) is 2.63. The van der Waals surface area contributed by atoms with E-state index in [0.717, 1.165) is 10.7 Å². The molecule has 0 radical (unpaired) electrons. The predicted molar refractivity (Wildman–Crippen MR) is 96.5 cm³/mol. The third-order valence-electron chi connectivity index (χ3n) is 4.99. The molecule has 150 valence electrons. The van der Waals surface area contributed by atoms with Gasteiger partial charge in [0.15, 0.2) is 11.6 Å². The molecule has 1 aromatic carbocycles. The molecule has 4 rings (SSSR count). The molecule has 28 heavy (non-hydrogen) atoms. The molecule has 1 aromatic heterocycles. The second-order valence-corrected chi connectivity index (χ2v) is 8.20. The smallest absolute Gasteiger partial charge is 0.403 e. The summed E-state index contributed by atoms with van der Waals surface area (Å²) in [6, 6.07) is 1.00. The number of ether oxygens (including phenoxy) is 1. The zero-order chi connectivity index (χ0) is 20.2. The molecule has 0 bridgehead atoms. The number of nitrogens with zero attached hydrogens (tertiary/aromatic N) is 3. The van der Waals surface area contributed by atoms with Crippen LogP contribution >= 0.6 is 7.75 Å². The fraction of sp³-hybridized carbons (Fsp3) is 0.375. The van der Waals surface area contributed by atoms with Crippen molar-refractivity contribution in [2.24, 2.45) is 0 Å². The van der Waals surface area contributed by atoms with E-state index in [2.05, 4.69) is 0 Å². The molecule has 0 saturated carbocycles. The van der Waals surface area contributed by atoms with Gasteiger partial charge in [-0.1, -0.05) is 0 Å². The highest BCUT2D eigenvalue weighted by Crippen LogP contribution is 2.43. The molecule has 0 spiro atoms. The van der Waals surface area contributed by atoms with Crippen molar-refractivity contribution in [3.63, 3.8) is 0 Å². The summed E-state index contributed by atoms with van der Waals surface area (Å²) in [5, 5.41) is 9.16. The van der Waals surface area contributed by atoms with E-state index in [0.29, 0.717) is 12.1 Å². The second kappa shape index (κ2) is 6.56. The molecule has 0 atom stereocenters. The van der Waals surface area contributed by atoms with Crippen LogP contribution in [-0.4, -0.2) is 62.9 Å². The summed E-state index contributed by atoms with van der Waals surface area (Å²) in [5.41, 5.74) is -0.811. The summed E-state index contributed by atoms with van der Waals surface area (Å²) >= 11 is 0. The van der Waals surface area contributed by atoms with E-state index in [-0.39, 0.29) is 49.6 Å². The van der Waals surface area contributed by atoms with Crippen molar-refractivity contribution >= 4 is 30.3 Å². The Kier molecular flexibility index (Phi) is 4.42. The Balaban J connectivity index is 1.84. The molecular formula is C16H17FN3O7P. The van der Waals surface area contributed by atoms with E-state index in [1.165, 1.54) is 6.20 Å². The summed E-state index contributed by atoms with van der Waals surface area (Å²) in [5.74, 6) is -2.00. The van der Waals surface area contributed by atoms with Crippen LogP contribution in [0, 0.1) is 5.82 Å². The van der Waals surface area contributed by atoms with Gasteiger partial charge in [0.25, 0.3) is 0 Å². The number of aromatic nitrogens is 1. The Bertz CT molecular complexity index is 1090. The number of piperazine rings is 1. The van der Waals surface area contributed by atoms with Gasteiger partial charge in [-0.15, -0.1) is 0 Å². The molecule has 3 N–H and O–H groups in total. The van der Waals surface area contributed by atoms with Gasteiger partial charge in [-0.3, -0.25) is 4.79 Å². The lowest BCUT2D eigenvalue weighted by Gasteiger charge is -2.37. The van der Waals surface area contributed by atoms with Gasteiger partial charge in [0.2, 0.25) is 5.43 Å². The Morgan fingerprint density at radius 1 is 1.18 bits per heavy atom. The van der Waals surface area contributed by atoms with E-state index in [4.69, 9.17) is 4.74 Å². The molecule has 1 saturated heterocycles. The first-order valence-corrected chi connectivity index (χ1v) is 10.1. The lowest BCUT2D eigenvalue weighted by molar-refractivity contribution is 0.0694. The SMILES string of the molecule is O=C(O)c1cn2c3c(c(N4CCN(P(=O)(O)O)CC4)c(F)cc3c1=O)OCC2. The minimum absolute atomic E-state index is 0.0337. The van der Waals surface area contributed by atoms with Crippen LogP contribution in [0.1, 0.15) is 10.4 Å². The minimum atomic E-state index is -4.37. The topological polar surface area (TPSA) is 133 Å². The molecule has 0 aliphatic carbocycles. The van der Waals surface area contributed by atoms with Crippen LogP contribution < -0.4 is 15.1 Å². The number of carbonyl (C=O) groups is 1. The zero-order valence-electron chi connectivity index (χ0n) is 14.5. The van der Waals surface area contributed by atoms with Gasteiger partial charge >= 0.3 is 13.7 Å². The van der Waals surface area contributed by atoms with Gasteiger partial charge in [-0.25, -0.2) is 18.4 Å². The maximum atomic E-state index is 15.0. The van der Waals surface area contributed by atoms with Crippen molar-refractivity contribution in [1.82, 2.24) is 9.24 Å². The van der Waals surface area contributed by atoms with E-state index < -0.39 is 30.5 Å². The zero-order valence-corrected chi connectivity index (χ0v) is 15.4. The Hall–Kier alpha value is -2.46. The number of benzene rings is 1. The maximum Gasteiger partial charge on any atom is 0.403 e. The lowest BCUT2D eigenvalue weighted by atomic mass is 10.1. The van der Waals surface area contributed by atoms with E-state index in [1.807, 2.05) is 0 Å². The maximum absolute atomic E-state index is 15.0. The summed E-state index contributed by atoms with van der Waals surface area (Å²) < 4.78 is 34.6. The number of carboxylic acids is 1. The van der Waals surface area contributed by atoms with E-state index in [9.17, 15) is 33.4 Å². The highest BCUT2D eigenvalue weighted by molar-refractivity contribution is 7.49. The highest BCUT2D eigenvalue weighted by atomic mass is 31.2. The van der Waals surface area contributed by atoms with Gasteiger partial charge in [0.1, 0.15) is 17.9 Å². The number of hydrogen-bond donors (Lipinski definition) is 3. The fourth-order valence-electron chi connectivity index (χ4n) is 3.67. The van der Waals surface area contributed by atoms with Crippen molar-refractivity contribution in [1.29, 1.82) is 0 Å². The third-order valence-corrected chi connectivity index (χ3v) is 6.13. The van der Waals surface area contributed by atoms with Crippen molar-refractivity contribution in [2.45, 2.75) is 6.54 Å². The van der Waals surface area contributed by atoms with Gasteiger partial charge in [0.05, 0.1) is 17.4 Å². The van der Waals surface area contributed by atoms with Gasteiger partial charge in [-0.05, 0) is 6.07 Å². The van der Waals surface area contributed by atoms with E-state index >= 15 is 0 Å². The second-order valence-electron chi connectivity index (χ2n) is 6.61. The first kappa shape index (κ1) is 18.9. The molecule has 1 fully saturated rings. The molecule has 3 heterocycles. The van der Waals surface area contributed by atoms with Crippen LogP contribution in [0.3, 0.4) is 0 Å². The number of hydrogen-bond acceptors (Lipinski definition) is 5. The molecule has 2 aromatic rings. The molecule has 2 aliphatic heterocycles. The standard InChI is InChI=1S/C16H17FN3O7P/c17-11-7-9-12-15(13(11)18-1-3-20(4-2-18)28(24,25)26)27-6-5-19(12)8-10(14(9)21)16(22)23/h7-8H,1-6H2,(H,22,23)(H2,24,25,26). The monoisotopic (exact) mass is 413 g/mol. The molecule has 10 nitrogen and oxygen atoms in total. The average molecular weight is 413 g/mol. The molecule has 12 heteroatoms. The van der Waals surface area contributed by atoms with Crippen LogP contribution in [0.5, 0.6) is 5.75 Å². The number of anilines is 1. The highest BCUT2D eigenvalue weighted by Gasteiger charge is 2.33. The normalized spacial score (nSPS) is 17.6. The summed E-state index contributed by atoms with van der Waals surface area (Å²) in [6.07, 6.45) is 1.23. The summed E-state index contributed by atoms with van der Waals surface area (Å²) in [4.78, 5) is 44.0. The minimum Gasteiger partial charge on any atom is -0.487 e. The third kappa shape index (κ3) is 2.96. The molecule has 2 aliphatic rings. The van der Waals surface area contributed by atoms with Crippen molar-refractivity contribution in [3.05, 3.63) is 33.9 Å². The number of aromatic carboxylic acids is 1. The number of halogens is 1. The van der Waals surface area contributed by atoms with Gasteiger partial charge < -0.3 is 29.1 Å². The number of pyridine rings is 1. The number of carboxylic acid groups (broad SMARTS) is 1. The largest absolute Gasteiger partial charge is 0.487 e. The van der Waals surface area contributed by atoms with Crippen LogP contribution in [0.4, 0.5) is 10.1 Å². The van der Waals surface area contributed by atoms with Crippen molar-refractivity contribution in [3.8, 4) is 5.75 Å². The van der Waals surface area contributed by atoms with Crippen LogP contribution in [0.25, 0.3) is 10.9 Å². The fourth-order valence-corrected chi connectivity index (χ4v) is 4.37. The van der Waals surface area contributed by atoms with Crippen molar-refractivity contribution < 1.29 is 33.4 Å². The quantitative estimate of drug-likeness (QED) is 0.614. The predicted octanol–water partition coefficient (Wildman–Crippen LogP) is 0.446. The van der Waals surface area contributed by atoms with Gasteiger partial charge in [0, 0.05) is 32.4 Å². The summed E-state index contributed by atoms with van der Waals surface area (Å²) in [7, 11) is -4.37. The molecule has 0 unspecified atom stereocenters. The molecule has 0 amide bonds. The van der Waals surface area contributed by atoms with Gasteiger partial charge in [-0.2, -0.15) is 0 Å². The Labute approximate surface area is 157 Å². The summed E-state index contributed by atoms with van der Waals surface area (Å²) in [6.45, 7) is 0.852. The van der Waals surface area contributed by atoms with Crippen LogP contribution in [0.2, 0.25) is 0 Å². The lowest BCUT2D eigenvalue weighted by Crippen LogP contribution is -2.45. The first-order valence-electron chi connectivity index (χ1n) is 8.50.